The van der Waals surface area contributed by atoms with Gasteiger partial charge in [-0.1, -0.05) is 52.8 Å². The highest BCUT2D eigenvalue weighted by Gasteiger charge is 2.69. The molecule has 34 heavy (non-hydrogen) atoms. The Labute approximate surface area is 209 Å². The van der Waals surface area contributed by atoms with Crippen molar-refractivity contribution in [2.45, 2.75) is 29.5 Å². The number of amides is 2. The molecule has 0 unspecified atom stereocenters. The number of benzene rings is 2. The molecule has 1 saturated heterocycles. The molecule has 7 rings (SSSR count). The van der Waals surface area contributed by atoms with E-state index >= 15 is 0 Å². The Morgan fingerprint density at radius 1 is 0.941 bits per heavy atom. The minimum absolute atomic E-state index is 0.0229. The van der Waals surface area contributed by atoms with E-state index < -0.39 is 0 Å². The third-order valence-electron chi connectivity index (χ3n) is 8.25. The number of hydrogen-bond acceptors (Lipinski definition) is 5. The first-order valence-corrected chi connectivity index (χ1v) is 13.6. The molecular formula is C26H21ClN2O3S2. The van der Waals surface area contributed by atoms with Gasteiger partial charge in [-0.2, -0.15) is 0 Å². The number of aromatic nitrogens is 1. The summed E-state index contributed by atoms with van der Waals surface area (Å²) in [5.74, 6) is -0.205. The highest BCUT2D eigenvalue weighted by Crippen LogP contribution is 2.68. The van der Waals surface area contributed by atoms with E-state index in [-0.39, 0.29) is 57.4 Å². The number of nitrogens with zero attached hydrogens (tertiary/aromatic N) is 1. The summed E-state index contributed by atoms with van der Waals surface area (Å²) in [5, 5.41) is 1.79. The maximum atomic E-state index is 13.7. The third kappa shape index (κ3) is 2.77. The molecule has 5 nitrogen and oxygen atoms in total. The van der Waals surface area contributed by atoms with Crippen LogP contribution in [0.15, 0.2) is 58.4 Å². The summed E-state index contributed by atoms with van der Waals surface area (Å²) in [4.78, 5) is 45.1. The molecule has 2 aromatic carbocycles. The molecule has 1 aromatic heterocycles. The van der Waals surface area contributed by atoms with Crippen molar-refractivity contribution in [2.75, 3.05) is 4.90 Å². The van der Waals surface area contributed by atoms with Crippen molar-refractivity contribution in [2.24, 2.45) is 29.6 Å². The lowest BCUT2D eigenvalue weighted by Crippen LogP contribution is -2.42. The van der Waals surface area contributed by atoms with Crippen molar-refractivity contribution in [3.8, 4) is 0 Å². The lowest BCUT2D eigenvalue weighted by molar-refractivity contribution is -0.123. The molecule has 7 atom stereocenters. The smallest absolute Gasteiger partial charge is 0.305 e. The first-order valence-electron chi connectivity index (χ1n) is 11.5. The molecule has 8 heteroatoms. The van der Waals surface area contributed by atoms with Crippen molar-refractivity contribution in [1.82, 2.24) is 4.98 Å². The maximum absolute atomic E-state index is 13.7. The fourth-order valence-electron chi connectivity index (χ4n) is 7.01. The zero-order chi connectivity index (χ0) is 23.3. The van der Waals surface area contributed by atoms with Crippen LogP contribution in [0.4, 0.5) is 5.69 Å². The number of aromatic amines is 1. The number of halogens is 1. The SMILES string of the molecule is Cc1ccc(N2C(=O)[C@@H]3[C@H]4C[C@@H]([C@@H]3C2=O)[C@@H]2[C@H](c3ccc(Cl)cc3)c3sc(=O)[nH]c3S[C@H]42)cc1. The lowest BCUT2D eigenvalue weighted by atomic mass is 9.68. The Bertz CT molecular complexity index is 1400. The second-order valence-electron chi connectivity index (χ2n) is 9.86. The van der Waals surface area contributed by atoms with Gasteiger partial charge in [0.15, 0.2) is 0 Å². The van der Waals surface area contributed by atoms with Crippen molar-refractivity contribution in [3.63, 3.8) is 0 Å². The van der Waals surface area contributed by atoms with Crippen LogP contribution in [-0.4, -0.2) is 22.0 Å². The minimum atomic E-state index is -0.285. The van der Waals surface area contributed by atoms with Gasteiger partial charge in [0, 0.05) is 21.1 Å². The highest BCUT2D eigenvalue weighted by molar-refractivity contribution is 8.00. The fourth-order valence-corrected chi connectivity index (χ4v) is 10.0. The van der Waals surface area contributed by atoms with Crippen molar-refractivity contribution in [3.05, 3.63) is 79.2 Å². The summed E-state index contributed by atoms with van der Waals surface area (Å²) in [6.07, 6.45) is 0.889. The largest absolute Gasteiger partial charge is 0.307 e. The summed E-state index contributed by atoms with van der Waals surface area (Å²) in [5.41, 5.74) is 2.88. The van der Waals surface area contributed by atoms with Gasteiger partial charge in [0.05, 0.1) is 22.5 Å². The lowest BCUT2D eigenvalue weighted by Gasteiger charge is -2.43. The standard InChI is InChI=1S/C26H21ClN2O3S2/c1-11-2-8-14(9-3-11)29-24(30)19-15-10-16(20(19)25(29)31)21-18(15)17(12-4-6-13(27)7-5-12)22-23(33-21)28-26(32)34-22/h2-9,15-21H,10H2,1H3,(H,28,32)/t15-,16-,17+,18-,19+,20-,21-/m1/s1. The predicted octanol–water partition coefficient (Wildman–Crippen LogP) is 5.08. The third-order valence-corrected chi connectivity index (χ3v) is 11.1. The molecule has 2 saturated carbocycles. The molecule has 0 radical (unpaired) electrons. The van der Waals surface area contributed by atoms with Crippen LogP contribution in [0.3, 0.4) is 0 Å². The van der Waals surface area contributed by atoms with Gasteiger partial charge < -0.3 is 4.98 Å². The number of rotatable bonds is 2. The van der Waals surface area contributed by atoms with Crippen LogP contribution in [0.1, 0.15) is 28.3 Å². The van der Waals surface area contributed by atoms with E-state index in [2.05, 4.69) is 4.98 Å². The number of imide groups is 1. The van der Waals surface area contributed by atoms with Crippen molar-refractivity contribution in [1.29, 1.82) is 0 Å². The van der Waals surface area contributed by atoms with Crippen LogP contribution < -0.4 is 9.77 Å². The number of aryl methyl sites for hydroxylation is 1. The van der Waals surface area contributed by atoms with Gasteiger partial charge in [0.2, 0.25) is 11.8 Å². The van der Waals surface area contributed by atoms with E-state index in [1.165, 1.54) is 16.2 Å². The van der Waals surface area contributed by atoms with Crippen LogP contribution in [0, 0.1) is 36.5 Å². The molecule has 3 fully saturated rings. The maximum Gasteiger partial charge on any atom is 0.305 e. The fraction of sp³-hybridized carbons (Fsp3) is 0.346. The van der Waals surface area contributed by atoms with Crippen LogP contribution in [-0.2, 0) is 9.59 Å². The summed E-state index contributed by atoms with van der Waals surface area (Å²) < 4.78 is 0. The van der Waals surface area contributed by atoms with Gasteiger partial charge in [-0.15, -0.1) is 11.8 Å². The number of hydrogen-bond donors (Lipinski definition) is 1. The number of carbonyl (C=O) groups excluding carboxylic acids is 2. The molecule has 0 spiro atoms. The summed E-state index contributed by atoms with van der Waals surface area (Å²) in [6.45, 7) is 1.99. The second-order valence-corrected chi connectivity index (χ2v) is 12.5. The number of carbonyl (C=O) groups is 2. The molecule has 1 N–H and O–H groups in total. The molecule has 2 aliphatic heterocycles. The van der Waals surface area contributed by atoms with Gasteiger partial charge in [-0.25, -0.2) is 0 Å². The normalized spacial score (nSPS) is 33.2. The van der Waals surface area contributed by atoms with E-state index in [4.69, 9.17) is 11.6 Å². The monoisotopic (exact) mass is 508 g/mol. The molecule has 2 aliphatic carbocycles. The van der Waals surface area contributed by atoms with Crippen molar-refractivity contribution < 1.29 is 9.59 Å². The summed E-state index contributed by atoms with van der Waals surface area (Å²) >= 11 is 9.16. The van der Waals surface area contributed by atoms with Crippen LogP contribution in [0.2, 0.25) is 5.02 Å². The molecule has 2 bridgehead atoms. The quantitative estimate of drug-likeness (QED) is 0.490. The zero-order valence-electron chi connectivity index (χ0n) is 18.2. The summed E-state index contributed by atoms with van der Waals surface area (Å²) in [7, 11) is 0. The zero-order valence-corrected chi connectivity index (χ0v) is 20.6. The first kappa shape index (κ1) is 21.0. The number of nitrogens with one attached hydrogen (secondary N) is 1. The van der Waals surface area contributed by atoms with E-state index in [1.54, 1.807) is 11.8 Å². The highest BCUT2D eigenvalue weighted by atomic mass is 35.5. The Hall–Kier alpha value is -2.35. The van der Waals surface area contributed by atoms with E-state index in [9.17, 15) is 14.4 Å². The van der Waals surface area contributed by atoms with E-state index in [1.807, 2.05) is 55.5 Å². The number of thiazole rings is 1. The van der Waals surface area contributed by atoms with Gasteiger partial charge in [0.1, 0.15) is 0 Å². The van der Waals surface area contributed by atoms with E-state index in [0.717, 1.165) is 27.5 Å². The molecule has 3 aromatic rings. The second kappa shape index (κ2) is 7.33. The Morgan fingerprint density at radius 3 is 2.32 bits per heavy atom. The molecule has 2 amide bonds. The first-order chi connectivity index (χ1) is 16.4. The number of fused-ring (bicyclic) bond motifs is 9. The average Bonchev–Trinajstić information content (AvgIpc) is 3.54. The van der Waals surface area contributed by atoms with Crippen LogP contribution in [0.5, 0.6) is 0 Å². The number of thioether (sulfide) groups is 1. The van der Waals surface area contributed by atoms with Crippen molar-refractivity contribution >= 4 is 52.2 Å². The topological polar surface area (TPSA) is 70.2 Å². The van der Waals surface area contributed by atoms with Gasteiger partial charge >= 0.3 is 4.87 Å². The summed E-state index contributed by atoms with van der Waals surface area (Å²) in [6, 6.07) is 15.5. The average molecular weight is 509 g/mol. The molecular weight excluding hydrogens is 488 g/mol. The number of anilines is 1. The van der Waals surface area contributed by atoms with E-state index in [0.29, 0.717) is 10.7 Å². The minimum Gasteiger partial charge on any atom is -0.307 e. The molecule has 3 heterocycles. The predicted molar refractivity (Wildman–Crippen MR) is 134 cm³/mol. The van der Waals surface area contributed by atoms with Gasteiger partial charge in [-0.3, -0.25) is 19.3 Å². The molecule has 4 aliphatic rings. The molecule has 172 valence electrons. The van der Waals surface area contributed by atoms with Gasteiger partial charge in [-0.05, 0) is 60.9 Å². The number of H-pyrrole nitrogens is 1. The Morgan fingerprint density at radius 2 is 1.62 bits per heavy atom. The Kier molecular flexibility index (Phi) is 4.52. The van der Waals surface area contributed by atoms with Gasteiger partial charge in [0.25, 0.3) is 0 Å². The van der Waals surface area contributed by atoms with Crippen LogP contribution in [0.25, 0.3) is 0 Å². The van der Waals surface area contributed by atoms with Crippen LogP contribution >= 0.6 is 34.7 Å². The Balaban J connectivity index is 1.32.